The fraction of sp³-hybridized carbons (Fsp3) is 0.308. The first-order chi connectivity index (χ1) is 8.72. The molecule has 18 heavy (non-hydrogen) atoms. The minimum Gasteiger partial charge on any atom is -0.355 e. The summed E-state index contributed by atoms with van der Waals surface area (Å²) in [5.41, 5.74) is 0.549. The highest BCUT2D eigenvalue weighted by molar-refractivity contribution is 5.81. The van der Waals surface area contributed by atoms with Gasteiger partial charge in [-0.2, -0.15) is 5.10 Å². The molecule has 1 N–H and O–H groups in total. The molecule has 0 unspecified atom stereocenters. The number of carbonyl (C=O) groups excluding carboxylic acids is 1. The van der Waals surface area contributed by atoms with Crippen molar-refractivity contribution >= 4 is 16.8 Å². The summed E-state index contributed by atoms with van der Waals surface area (Å²) in [5.74, 6) is -0.0989. The van der Waals surface area contributed by atoms with Crippen LogP contribution in [0.3, 0.4) is 0 Å². The molecule has 5 nitrogen and oxygen atoms in total. The van der Waals surface area contributed by atoms with Gasteiger partial charge in [-0.1, -0.05) is 19.1 Å². The minimum absolute atomic E-state index is 0.0989. The quantitative estimate of drug-likeness (QED) is 0.871. The Balaban J connectivity index is 2.32. The fourth-order valence-electron chi connectivity index (χ4n) is 1.74. The summed E-state index contributed by atoms with van der Waals surface area (Å²) in [6.45, 7) is 2.77. The van der Waals surface area contributed by atoms with Crippen molar-refractivity contribution in [1.82, 2.24) is 15.1 Å². The molecule has 1 aromatic heterocycles. The van der Waals surface area contributed by atoms with Crippen LogP contribution < -0.4 is 10.7 Å². The topological polar surface area (TPSA) is 64.0 Å². The van der Waals surface area contributed by atoms with Gasteiger partial charge in [0.15, 0.2) is 0 Å². The lowest BCUT2D eigenvalue weighted by Crippen LogP contribution is -2.29. The van der Waals surface area contributed by atoms with E-state index in [9.17, 15) is 9.59 Å². The summed E-state index contributed by atoms with van der Waals surface area (Å²) in [6, 6.07) is 7.14. The van der Waals surface area contributed by atoms with Gasteiger partial charge in [-0.15, -0.1) is 0 Å². The van der Waals surface area contributed by atoms with Crippen LogP contribution in [0.15, 0.2) is 35.3 Å². The second-order valence-electron chi connectivity index (χ2n) is 4.03. The molecular formula is C13H15N3O2. The van der Waals surface area contributed by atoms with Crippen LogP contribution >= 0.6 is 0 Å². The molecule has 0 aliphatic carbocycles. The molecule has 2 rings (SSSR count). The molecule has 0 fully saturated rings. The number of rotatable bonds is 4. The zero-order valence-electron chi connectivity index (χ0n) is 10.2. The highest BCUT2D eigenvalue weighted by Crippen LogP contribution is 2.07. The Morgan fingerprint density at radius 3 is 2.94 bits per heavy atom. The molecule has 0 bridgehead atoms. The monoisotopic (exact) mass is 245 g/mol. The Labute approximate surface area is 104 Å². The van der Waals surface area contributed by atoms with Gasteiger partial charge in [0.05, 0.1) is 11.7 Å². The molecule has 0 aliphatic rings. The van der Waals surface area contributed by atoms with Gasteiger partial charge in [0.1, 0.15) is 6.54 Å². The van der Waals surface area contributed by atoms with Gasteiger partial charge in [-0.25, -0.2) is 0 Å². The number of aromatic nitrogens is 2. The van der Waals surface area contributed by atoms with E-state index >= 15 is 0 Å². The van der Waals surface area contributed by atoms with Gasteiger partial charge in [0.25, 0.3) is 0 Å². The molecule has 1 aromatic carbocycles. The predicted octanol–water partition coefficient (Wildman–Crippen LogP) is 0.923. The van der Waals surface area contributed by atoms with Crippen LogP contribution in [0, 0.1) is 0 Å². The average Bonchev–Trinajstić information content (AvgIpc) is 2.40. The number of hydrogen-bond acceptors (Lipinski definition) is 3. The minimum atomic E-state index is -0.129. The second-order valence-corrected chi connectivity index (χ2v) is 4.03. The molecule has 1 amide bonds. The Morgan fingerprint density at radius 2 is 2.17 bits per heavy atom. The molecule has 0 saturated carbocycles. The van der Waals surface area contributed by atoms with E-state index in [0.717, 1.165) is 6.42 Å². The summed E-state index contributed by atoms with van der Waals surface area (Å²) in [5, 5.41) is 7.36. The Morgan fingerprint density at radius 1 is 1.39 bits per heavy atom. The average molecular weight is 245 g/mol. The van der Waals surface area contributed by atoms with Crippen molar-refractivity contribution in [1.29, 1.82) is 0 Å². The van der Waals surface area contributed by atoms with E-state index in [1.165, 1.54) is 6.20 Å². The Kier molecular flexibility index (Phi) is 3.72. The Bertz CT molecular complexity index is 619. The third-order valence-corrected chi connectivity index (χ3v) is 2.63. The van der Waals surface area contributed by atoms with E-state index in [1.807, 2.05) is 13.0 Å². The molecule has 0 aliphatic heterocycles. The van der Waals surface area contributed by atoms with Crippen molar-refractivity contribution in [2.45, 2.75) is 19.9 Å². The standard InChI is InChI=1S/C13H15N3O2/c1-2-7-14-13(18)9-16-11-6-4-3-5-10(11)12(17)8-15-16/h3-6,8H,2,7,9H2,1H3,(H,14,18). The molecule has 0 saturated heterocycles. The highest BCUT2D eigenvalue weighted by atomic mass is 16.2. The fourth-order valence-corrected chi connectivity index (χ4v) is 1.74. The first-order valence-electron chi connectivity index (χ1n) is 5.94. The van der Waals surface area contributed by atoms with Crippen LogP contribution in [0.1, 0.15) is 13.3 Å². The Hall–Kier alpha value is -2.17. The third-order valence-electron chi connectivity index (χ3n) is 2.63. The summed E-state index contributed by atoms with van der Waals surface area (Å²) < 4.78 is 1.54. The number of nitrogens with zero attached hydrogens (tertiary/aromatic N) is 2. The highest BCUT2D eigenvalue weighted by Gasteiger charge is 2.06. The van der Waals surface area contributed by atoms with Crippen molar-refractivity contribution in [3.05, 3.63) is 40.7 Å². The van der Waals surface area contributed by atoms with E-state index in [1.54, 1.807) is 22.9 Å². The third kappa shape index (κ3) is 2.56. The molecule has 2 aromatic rings. The number of amides is 1. The molecule has 0 radical (unpaired) electrons. The number of carbonyl (C=O) groups is 1. The van der Waals surface area contributed by atoms with Crippen molar-refractivity contribution in [2.24, 2.45) is 0 Å². The first-order valence-corrected chi connectivity index (χ1v) is 5.94. The largest absolute Gasteiger partial charge is 0.355 e. The van der Waals surface area contributed by atoms with E-state index < -0.39 is 0 Å². The van der Waals surface area contributed by atoms with Crippen molar-refractivity contribution in [3.8, 4) is 0 Å². The first kappa shape index (κ1) is 12.3. The zero-order valence-corrected chi connectivity index (χ0v) is 10.2. The van der Waals surface area contributed by atoms with Crippen LogP contribution in [0.2, 0.25) is 0 Å². The molecule has 1 heterocycles. The number of nitrogens with one attached hydrogen (secondary N) is 1. The van der Waals surface area contributed by atoms with Gasteiger partial charge in [0, 0.05) is 11.9 Å². The van der Waals surface area contributed by atoms with E-state index in [2.05, 4.69) is 10.4 Å². The van der Waals surface area contributed by atoms with Gasteiger partial charge in [-0.3, -0.25) is 14.3 Å². The zero-order chi connectivity index (χ0) is 13.0. The summed E-state index contributed by atoms with van der Waals surface area (Å²) in [7, 11) is 0. The van der Waals surface area contributed by atoms with E-state index in [0.29, 0.717) is 17.4 Å². The van der Waals surface area contributed by atoms with Crippen LogP contribution in [-0.2, 0) is 11.3 Å². The number of benzene rings is 1. The van der Waals surface area contributed by atoms with Crippen LogP contribution in [0.25, 0.3) is 10.9 Å². The van der Waals surface area contributed by atoms with Gasteiger partial charge >= 0.3 is 0 Å². The van der Waals surface area contributed by atoms with Crippen LogP contribution in [0.5, 0.6) is 0 Å². The lowest BCUT2D eigenvalue weighted by molar-refractivity contribution is -0.121. The van der Waals surface area contributed by atoms with Gasteiger partial charge < -0.3 is 5.32 Å². The number of para-hydroxylation sites is 1. The van der Waals surface area contributed by atoms with Crippen molar-refractivity contribution < 1.29 is 4.79 Å². The van der Waals surface area contributed by atoms with Crippen molar-refractivity contribution in [2.75, 3.05) is 6.54 Å². The second kappa shape index (κ2) is 5.44. The van der Waals surface area contributed by atoms with Gasteiger partial charge in [0.2, 0.25) is 11.3 Å². The predicted molar refractivity (Wildman–Crippen MR) is 69.3 cm³/mol. The maximum Gasteiger partial charge on any atom is 0.241 e. The normalized spacial score (nSPS) is 10.5. The maximum atomic E-state index is 11.6. The summed E-state index contributed by atoms with van der Waals surface area (Å²) in [4.78, 5) is 23.3. The van der Waals surface area contributed by atoms with E-state index in [-0.39, 0.29) is 17.9 Å². The van der Waals surface area contributed by atoms with Crippen molar-refractivity contribution in [3.63, 3.8) is 0 Å². The number of hydrogen-bond donors (Lipinski definition) is 1. The summed E-state index contributed by atoms with van der Waals surface area (Å²) in [6.07, 6.45) is 2.14. The maximum absolute atomic E-state index is 11.6. The van der Waals surface area contributed by atoms with Gasteiger partial charge in [-0.05, 0) is 18.6 Å². The SMILES string of the molecule is CCCNC(=O)Cn1ncc(=O)c2ccccc21. The number of fused-ring (bicyclic) bond motifs is 1. The lowest BCUT2D eigenvalue weighted by Gasteiger charge is -2.09. The van der Waals surface area contributed by atoms with E-state index in [4.69, 9.17) is 0 Å². The molecule has 0 spiro atoms. The van der Waals surface area contributed by atoms with Crippen LogP contribution in [-0.4, -0.2) is 22.2 Å². The molecular weight excluding hydrogens is 230 g/mol. The molecule has 94 valence electrons. The molecule has 5 heteroatoms. The summed E-state index contributed by atoms with van der Waals surface area (Å²) >= 11 is 0. The van der Waals surface area contributed by atoms with Crippen LogP contribution in [0.4, 0.5) is 0 Å². The lowest BCUT2D eigenvalue weighted by atomic mass is 10.2. The molecule has 0 atom stereocenters. The smallest absolute Gasteiger partial charge is 0.241 e.